The molecule has 7 heteroatoms. The fourth-order valence-corrected chi connectivity index (χ4v) is 3.30. The molecule has 0 amide bonds. The van der Waals surface area contributed by atoms with Gasteiger partial charge in [-0.3, -0.25) is 0 Å². The SMILES string of the molecule is CC(Oc1ncc(B2CC(C)(C)C(C)(C)C2)cc1Cl)C(F)(F)F. The Labute approximate surface area is 140 Å². The zero-order chi connectivity index (χ0) is 17.6. The third-order valence-corrected chi connectivity index (χ3v) is 5.67. The standard InChI is InChI=1S/C16H22BClF3NO/c1-10(16(19,20)21)23-13-12(18)6-11(7-22-13)17-8-14(2,3)15(4,5)9-17/h6-7,10H,8-9H2,1-5H3. The maximum Gasteiger partial charge on any atom is 0.425 e. The second-order valence-electron chi connectivity index (χ2n) is 7.73. The number of hydrogen-bond acceptors (Lipinski definition) is 2. The van der Waals surface area contributed by atoms with Crippen molar-refractivity contribution < 1.29 is 17.9 Å². The largest absolute Gasteiger partial charge is 0.464 e. The minimum absolute atomic E-state index is 0.126. The molecule has 1 atom stereocenters. The second kappa shape index (κ2) is 5.87. The van der Waals surface area contributed by atoms with Crippen LogP contribution in [0.2, 0.25) is 17.7 Å². The van der Waals surface area contributed by atoms with Gasteiger partial charge >= 0.3 is 6.18 Å². The maximum absolute atomic E-state index is 12.6. The molecule has 0 saturated carbocycles. The summed E-state index contributed by atoms with van der Waals surface area (Å²) in [6.07, 6.45) is -2.80. The van der Waals surface area contributed by atoms with Crippen LogP contribution in [-0.2, 0) is 0 Å². The van der Waals surface area contributed by atoms with E-state index >= 15 is 0 Å². The molecule has 1 aliphatic rings. The van der Waals surface area contributed by atoms with Gasteiger partial charge in [-0.25, -0.2) is 4.98 Å². The molecule has 0 spiro atoms. The fraction of sp³-hybridized carbons (Fsp3) is 0.688. The summed E-state index contributed by atoms with van der Waals surface area (Å²) >= 11 is 6.09. The summed E-state index contributed by atoms with van der Waals surface area (Å²) in [6, 6.07) is 1.69. The number of nitrogens with zero attached hydrogens (tertiary/aromatic N) is 1. The lowest BCUT2D eigenvalue weighted by Crippen LogP contribution is -2.32. The first-order valence-corrected chi connectivity index (χ1v) is 8.10. The first kappa shape index (κ1) is 18.4. The monoisotopic (exact) mass is 347 g/mol. The summed E-state index contributed by atoms with van der Waals surface area (Å²) in [7, 11) is 0. The minimum Gasteiger partial charge on any atom is -0.464 e. The normalized spacial score (nSPS) is 21.3. The van der Waals surface area contributed by atoms with E-state index in [0.29, 0.717) is 6.71 Å². The van der Waals surface area contributed by atoms with Gasteiger partial charge in [-0.1, -0.05) is 57.4 Å². The van der Waals surface area contributed by atoms with E-state index in [0.717, 1.165) is 25.0 Å². The quantitative estimate of drug-likeness (QED) is 0.730. The maximum atomic E-state index is 12.6. The Morgan fingerprint density at radius 1 is 1.22 bits per heavy atom. The molecule has 2 nitrogen and oxygen atoms in total. The lowest BCUT2D eigenvalue weighted by atomic mass is 9.42. The van der Waals surface area contributed by atoms with Crippen LogP contribution >= 0.6 is 11.6 Å². The van der Waals surface area contributed by atoms with Crippen LogP contribution in [0.1, 0.15) is 34.6 Å². The molecular formula is C16H22BClF3NO. The van der Waals surface area contributed by atoms with Gasteiger partial charge in [0.05, 0.1) is 0 Å². The molecule has 0 N–H and O–H groups in total. The van der Waals surface area contributed by atoms with Crippen molar-refractivity contribution in [1.82, 2.24) is 4.98 Å². The Hall–Kier alpha value is -0.905. The number of pyridine rings is 1. The second-order valence-corrected chi connectivity index (χ2v) is 8.14. The van der Waals surface area contributed by atoms with Crippen molar-refractivity contribution in [3.8, 4) is 5.88 Å². The minimum atomic E-state index is -4.44. The van der Waals surface area contributed by atoms with Crippen LogP contribution in [0.15, 0.2) is 12.3 Å². The number of ether oxygens (including phenoxy) is 1. The van der Waals surface area contributed by atoms with Gasteiger partial charge in [0.1, 0.15) is 5.02 Å². The van der Waals surface area contributed by atoms with Crippen LogP contribution in [0.25, 0.3) is 0 Å². The van der Waals surface area contributed by atoms with E-state index in [1.165, 1.54) is 0 Å². The molecule has 1 aliphatic heterocycles. The van der Waals surface area contributed by atoms with Crippen molar-refractivity contribution in [2.24, 2.45) is 10.8 Å². The predicted molar refractivity (Wildman–Crippen MR) is 88.0 cm³/mol. The van der Waals surface area contributed by atoms with E-state index in [1.54, 1.807) is 12.3 Å². The molecule has 2 rings (SSSR count). The first-order chi connectivity index (χ1) is 10.3. The summed E-state index contributed by atoms with van der Waals surface area (Å²) in [6.45, 7) is 10.2. The molecule has 0 radical (unpaired) electrons. The van der Waals surface area contributed by atoms with Crippen LogP contribution in [-0.4, -0.2) is 24.0 Å². The summed E-state index contributed by atoms with van der Waals surface area (Å²) in [4.78, 5) is 4.02. The molecule has 0 bridgehead atoms. The van der Waals surface area contributed by atoms with Gasteiger partial charge < -0.3 is 4.74 Å². The van der Waals surface area contributed by atoms with Crippen molar-refractivity contribution in [3.05, 3.63) is 17.3 Å². The van der Waals surface area contributed by atoms with Gasteiger partial charge in [0.2, 0.25) is 5.88 Å². The third kappa shape index (κ3) is 3.78. The molecule has 23 heavy (non-hydrogen) atoms. The van der Waals surface area contributed by atoms with Crippen LogP contribution in [0.3, 0.4) is 0 Å². The number of halogens is 4. The van der Waals surface area contributed by atoms with Gasteiger partial charge in [0.15, 0.2) is 12.8 Å². The fourth-order valence-electron chi connectivity index (χ4n) is 3.08. The third-order valence-electron chi connectivity index (χ3n) is 5.39. The van der Waals surface area contributed by atoms with Crippen LogP contribution in [0.5, 0.6) is 5.88 Å². The number of aromatic nitrogens is 1. The Kier molecular flexibility index (Phi) is 4.70. The van der Waals surface area contributed by atoms with Crippen molar-refractivity contribution in [2.45, 2.75) is 59.5 Å². The molecule has 1 fully saturated rings. The topological polar surface area (TPSA) is 22.1 Å². The van der Waals surface area contributed by atoms with E-state index in [2.05, 4.69) is 32.7 Å². The van der Waals surface area contributed by atoms with Crippen LogP contribution in [0, 0.1) is 10.8 Å². The number of rotatable bonds is 3. The Balaban J connectivity index is 2.18. The molecular weight excluding hydrogens is 325 g/mol. The van der Waals surface area contributed by atoms with Gasteiger partial charge in [-0.15, -0.1) is 0 Å². The average Bonchev–Trinajstić information content (AvgIpc) is 2.59. The van der Waals surface area contributed by atoms with Gasteiger partial charge in [0, 0.05) is 6.20 Å². The lowest BCUT2D eigenvalue weighted by molar-refractivity contribution is -0.189. The van der Waals surface area contributed by atoms with Crippen molar-refractivity contribution in [3.63, 3.8) is 0 Å². The highest BCUT2D eigenvalue weighted by Crippen LogP contribution is 2.52. The smallest absolute Gasteiger partial charge is 0.425 e. The number of alkyl halides is 3. The predicted octanol–water partition coefficient (Wildman–Crippen LogP) is 4.83. The number of hydrogen-bond donors (Lipinski definition) is 0. The molecule has 1 aromatic rings. The molecule has 1 saturated heterocycles. The highest BCUT2D eigenvalue weighted by molar-refractivity contribution is 6.74. The Morgan fingerprint density at radius 3 is 2.17 bits per heavy atom. The van der Waals surface area contributed by atoms with E-state index in [1.807, 2.05) is 0 Å². The van der Waals surface area contributed by atoms with Crippen molar-refractivity contribution in [2.75, 3.05) is 0 Å². The summed E-state index contributed by atoms with van der Waals surface area (Å²) in [5.74, 6) is -0.170. The van der Waals surface area contributed by atoms with E-state index in [4.69, 9.17) is 16.3 Å². The zero-order valence-corrected chi connectivity index (χ0v) is 14.8. The van der Waals surface area contributed by atoms with Crippen LogP contribution < -0.4 is 10.2 Å². The molecule has 1 aromatic heterocycles. The average molecular weight is 348 g/mol. The highest BCUT2D eigenvalue weighted by atomic mass is 35.5. The molecule has 0 aromatic carbocycles. The molecule has 128 valence electrons. The Bertz CT molecular complexity index is 573. The van der Waals surface area contributed by atoms with Crippen molar-refractivity contribution >= 4 is 23.8 Å². The van der Waals surface area contributed by atoms with Crippen LogP contribution in [0.4, 0.5) is 13.2 Å². The van der Waals surface area contributed by atoms with Gasteiger partial charge in [-0.2, -0.15) is 13.2 Å². The molecule has 1 unspecified atom stereocenters. The van der Waals surface area contributed by atoms with Gasteiger partial charge in [-0.05, 0) is 23.8 Å². The van der Waals surface area contributed by atoms with E-state index in [9.17, 15) is 13.2 Å². The van der Waals surface area contributed by atoms with E-state index in [-0.39, 0.29) is 21.7 Å². The molecule has 2 heterocycles. The molecule has 0 aliphatic carbocycles. The lowest BCUT2D eigenvalue weighted by Gasteiger charge is -2.35. The van der Waals surface area contributed by atoms with Gasteiger partial charge in [0.25, 0.3) is 0 Å². The highest BCUT2D eigenvalue weighted by Gasteiger charge is 2.48. The summed E-state index contributed by atoms with van der Waals surface area (Å²) in [5, 5.41) is 0.126. The van der Waals surface area contributed by atoms with Crippen molar-refractivity contribution in [1.29, 1.82) is 0 Å². The zero-order valence-electron chi connectivity index (χ0n) is 14.1. The summed E-state index contributed by atoms with van der Waals surface area (Å²) < 4.78 is 42.5. The Morgan fingerprint density at radius 2 is 1.74 bits per heavy atom. The van der Waals surface area contributed by atoms with E-state index < -0.39 is 12.3 Å². The first-order valence-electron chi connectivity index (χ1n) is 7.72. The summed E-state index contributed by atoms with van der Waals surface area (Å²) in [5.41, 5.74) is 1.33.